The molecule has 1 aliphatic heterocycles. The Balaban J connectivity index is 2.46. The molecule has 2 rings (SSSR count). The quantitative estimate of drug-likeness (QED) is 0.658. The lowest BCUT2D eigenvalue weighted by Gasteiger charge is -2.29. The molecule has 7 nitrogen and oxygen atoms in total. The van der Waals surface area contributed by atoms with Gasteiger partial charge in [-0.25, -0.2) is 12.8 Å². The molecule has 1 saturated heterocycles. The first-order valence-corrected chi connectivity index (χ1v) is 7.46. The zero-order valence-electron chi connectivity index (χ0n) is 10.5. The van der Waals surface area contributed by atoms with Crippen LogP contribution in [-0.4, -0.2) is 36.8 Å². The van der Waals surface area contributed by atoms with Gasteiger partial charge in [0.1, 0.15) is 5.82 Å². The van der Waals surface area contributed by atoms with Crippen LogP contribution >= 0.6 is 0 Å². The second kappa shape index (κ2) is 5.43. The summed E-state index contributed by atoms with van der Waals surface area (Å²) in [5, 5.41) is 10.9. The number of halogens is 1. The lowest BCUT2D eigenvalue weighted by Crippen LogP contribution is -2.45. The van der Waals surface area contributed by atoms with Gasteiger partial charge >= 0.3 is 0 Å². The minimum Gasteiger partial charge on any atom is -0.327 e. The van der Waals surface area contributed by atoms with Crippen LogP contribution in [0.2, 0.25) is 0 Å². The van der Waals surface area contributed by atoms with Crippen LogP contribution in [0.15, 0.2) is 23.1 Å². The third kappa shape index (κ3) is 2.79. The fraction of sp³-hybridized carbons (Fsp3) is 0.455. The van der Waals surface area contributed by atoms with E-state index in [0.29, 0.717) is 18.9 Å². The molecule has 0 bridgehead atoms. The Labute approximate surface area is 115 Å². The normalized spacial score (nSPS) is 20.8. The summed E-state index contributed by atoms with van der Waals surface area (Å²) in [6.45, 7) is 0.363. The van der Waals surface area contributed by atoms with Gasteiger partial charge in [0, 0.05) is 19.1 Å². The van der Waals surface area contributed by atoms with Gasteiger partial charge < -0.3 is 5.73 Å². The first-order chi connectivity index (χ1) is 9.32. The second-order valence-electron chi connectivity index (χ2n) is 4.63. The molecule has 1 heterocycles. The highest BCUT2D eigenvalue weighted by molar-refractivity contribution is 7.89. The molecular weight excluding hydrogens is 289 g/mol. The summed E-state index contributed by atoms with van der Waals surface area (Å²) in [5.74, 6) is -0.856. The number of sulfonamides is 1. The van der Waals surface area contributed by atoms with Crippen LogP contribution in [0.5, 0.6) is 0 Å². The van der Waals surface area contributed by atoms with Crippen LogP contribution < -0.4 is 5.73 Å². The van der Waals surface area contributed by atoms with Crippen LogP contribution in [-0.2, 0) is 10.0 Å². The molecular formula is C11H14FN3O4S. The highest BCUT2D eigenvalue weighted by Gasteiger charge is 2.34. The van der Waals surface area contributed by atoms with Crippen molar-refractivity contribution in [3.05, 3.63) is 34.1 Å². The van der Waals surface area contributed by atoms with Gasteiger partial charge in [-0.2, -0.15) is 4.31 Å². The molecule has 1 fully saturated rings. The summed E-state index contributed by atoms with van der Waals surface area (Å²) in [5.41, 5.74) is 4.96. The van der Waals surface area contributed by atoms with E-state index in [1.54, 1.807) is 0 Å². The number of nitro benzene ring substituents is 1. The van der Waals surface area contributed by atoms with Crippen LogP contribution in [0.1, 0.15) is 12.8 Å². The van der Waals surface area contributed by atoms with Gasteiger partial charge in [0.15, 0.2) is 4.90 Å². The third-order valence-electron chi connectivity index (χ3n) is 3.16. The predicted molar refractivity (Wildman–Crippen MR) is 69.0 cm³/mol. The van der Waals surface area contributed by atoms with Gasteiger partial charge in [0.2, 0.25) is 10.0 Å². The summed E-state index contributed by atoms with van der Waals surface area (Å²) in [7, 11) is -4.04. The third-order valence-corrected chi connectivity index (χ3v) is 5.07. The molecule has 0 saturated carbocycles. The molecule has 0 aromatic heterocycles. The van der Waals surface area contributed by atoms with Crippen LogP contribution in [0, 0.1) is 15.9 Å². The van der Waals surface area contributed by atoms with Gasteiger partial charge in [0.25, 0.3) is 5.69 Å². The molecule has 0 aliphatic carbocycles. The van der Waals surface area contributed by atoms with Crippen molar-refractivity contribution in [2.45, 2.75) is 23.8 Å². The second-order valence-corrected chi connectivity index (χ2v) is 6.54. The molecule has 0 amide bonds. The van der Waals surface area contributed by atoms with Crippen LogP contribution in [0.4, 0.5) is 10.1 Å². The lowest BCUT2D eigenvalue weighted by atomic mass is 10.1. The maximum atomic E-state index is 13.1. The zero-order valence-corrected chi connectivity index (χ0v) is 11.3. The fourth-order valence-corrected chi connectivity index (χ4v) is 3.86. The Morgan fingerprint density at radius 1 is 1.45 bits per heavy atom. The van der Waals surface area contributed by atoms with Gasteiger partial charge in [-0.05, 0) is 25.0 Å². The van der Waals surface area contributed by atoms with Crippen LogP contribution in [0.25, 0.3) is 0 Å². The van der Waals surface area contributed by atoms with Gasteiger partial charge in [-0.1, -0.05) is 0 Å². The minimum absolute atomic E-state index is 0.108. The minimum atomic E-state index is -4.04. The average Bonchev–Trinajstić information content (AvgIpc) is 2.38. The number of piperidine rings is 1. The Hall–Kier alpha value is -1.58. The van der Waals surface area contributed by atoms with E-state index >= 15 is 0 Å². The Bertz CT molecular complexity index is 635. The van der Waals surface area contributed by atoms with E-state index in [0.717, 1.165) is 16.4 Å². The number of benzene rings is 1. The van der Waals surface area contributed by atoms with E-state index in [9.17, 15) is 22.9 Å². The van der Waals surface area contributed by atoms with E-state index in [4.69, 9.17) is 5.73 Å². The topological polar surface area (TPSA) is 107 Å². The van der Waals surface area contributed by atoms with Crippen molar-refractivity contribution >= 4 is 15.7 Å². The predicted octanol–water partition coefficient (Wildman–Crippen LogP) is 0.846. The van der Waals surface area contributed by atoms with Crippen molar-refractivity contribution in [1.29, 1.82) is 0 Å². The van der Waals surface area contributed by atoms with E-state index in [-0.39, 0.29) is 19.1 Å². The van der Waals surface area contributed by atoms with Crippen molar-refractivity contribution < 1.29 is 17.7 Å². The van der Waals surface area contributed by atoms with Gasteiger partial charge in [-0.15, -0.1) is 0 Å². The maximum Gasteiger partial charge on any atom is 0.292 e. The van der Waals surface area contributed by atoms with Gasteiger partial charge in [-0.3, -0.25) is 10.1 Å². The molecule has 0 unspecified atom stereocenters. The first kappa shape index (κ1) is 14.8. The number of rotatable bonds is 3. The SMILES string of the molecule is N[C@@H]1CCCN(S(=O)(=O)c2ccc(F)cc2[N+](=O)[O-])C1. The highest BCUT2D eigenvalue weighted by atomic mass is 32.2. The molecule has 0 spiro atoms. The number of hydrogen-bond donors (Lipinski definition) is 1. The summed E-state index contributed by atoms with van der Waals surface area (Å²) in [4.78, 5) is 9.49. The number of nitrogens with zero attached hydrogens (tertiary/aromatic N) is 2. The maximum absolute atomic E-state index is 13.1. The number of nitrogens with two attached hydrogens (primary N) is 1. The summed E-state index contributed by atoms with van der Waals surface area (Å²) in [6.07, 6.45) is 1.30. The molecule has 9 heteroatoms. The Morgan fingerprint density at radius 2 is 2.15 bits per heavy atom. The summed E-state index contributed by atoms with van der Waals surface area (Å²) >= 11 is 0. The number of hydrogen-bond acceptors (Lipinski definition) is 5. The molecule has 2 N–H and O–H groups in total. The molecule has 0 radical (unpaired) electrons. The van der Waals surface area contributed by atoms with Crippen LogP contribution in [0.3, 0.4) is 0 Å². The monoisotopic (exact) mass is 303 g/mol. The fourth-order valence-electron chi connectivity index (χ4n) is 2.18. The van der Waals surface area contributed by atoms with Crippen molar-refractivity contribution in [2.75, 3.05) is 13.1 Å². The Kier molecular flexibility index (Phi) is 4.02. The van der Waals surface area contributed by atoms with Gasteiger partial charge in [0.05, 0.1) is 11.0 Å². The lowest BCUT2D eigenvalue weighted by molar-refractivity contribution is -0.388. The molecule has 1 aliphatic rings. The van der Waals surface area contributed by atoms with E-state index in [2.05, 4.69) is 0 Å². The van der Waals surface area contributed by atoms with Crippen molar-refractivity contribution in [3.63, 3.8) is 0 Å². The molecule has 110 valence electrons. The summed E-state index contributed by atoms with van der Waals surface area (Å²) in [6, 6.07) is 2.13. The largest absolute Gasteiger partial charge is 0.327 e. The molecule has 20 heavy (non-hydrogen) atoms. The number of nitro groups is 1. The van der Waals surface area contributed by atoms with E-state index < -0.39 is 31.3 Å². The highest BCUT2D eigenvalue weighted by Crippen LogP contribution is 2.28. The molecule has 1 aromatic rings. The first-order valence-electron chi connectivity index (χ1n) is 6.02. The summed E-state index contributed by atoms with van der Waals surface area (Å²) < 4.78 is 39.0. The van der Waals surface area contributed by atoms with E-state index in [1.807, 2.05) is 0 Å². The smallest absolute Gasteiger partial charge is 0.292 e. The molecule has 1 aromatic carbocycles. The average molecular weight is 303 g/mol. The van der Waals surface area contributed by atoms with Crippen molar-refractivity contribution in [2.24, 2.45) is 5.73 Å². The van der Waals surface area contributed by atoms with Crippen molar-refractivity contribution in [1.82, 2.24) is 4.31 Å². The van der Waals surface area contributed by atoms with E-state index in [1.165, 1.54) is 0 Å². The molecule has 1 atom stereocenters. The standard InChI is InChI=1S/C11H14FN3O4S/c12-8-3-4-11(10(6-8)15(16)17)20(18,19)14-5-1-2-9(13)7-14/h3-4,6,9H,1-2,5,7,13H2/t9-/m1/s1. The zero-order chi connectivity index (χ0) is 14.9. The van der Waals surface area contributed by atoms with Crippen molar-refractivity contribution in [3.8, 4) is 0 Å². The Morgan fingerprint density at radius 3 is 2.75 bits per heavy atom.